The molecule has 1 amide bonds. The Morgan fingerprint density at radius 2 is 1.90 bits per heavy atom. The molecule has 1 saturated heterocycles. The number of nitrogens with one attached hydrogen (secondary N) is 1. The summed E-state index contributed by atoms with van der Waals surface area (Å²) in [6.45, 7) is 3.08. The van der Waals surface area contributed by atoms with E-state index in [2.05, 4.69) is 22.2 Å². The molecule has 0 saturated carbocycles. The highest BCUT2D eigenvalue weighted by atomic mass is 16.5. The molecule has 4 rings (SSSR count). The minimum Gasteiger partial charge on any atom is -0.462 e. The predicted molar refractivity (Wildman–Crippen MR) is 106 cm³/mol. The highest BCUT2D eigenvalue weighted by Crippen LogP contribution is 2.28. The number of ether oxygens (including phenoxy) is 1. The van der Waals surface area contributed by atoms with Gasteiger partial charge < -0.3 is 9.64 Å². The van der Waals surface area contributed by atoms with Crippen LogP contribution in [0.2, 0.25) is 0 Å². The first-order valence-corrected chi connectivity index (χ1v) is 9.70. The first kappa shape index (κ1) is 18.9. The molecule has 0 unspecified atom stereocenters. The summed E-state index contributed by atoms with van der Waals surface area (Å²) in [5.41, 5.74) is 1.04. The number of aromatic amines is 1. The number of esters is 1. The highest BCUT2D eigenvalue weighted by molar-refractivity contribution is 5.97. The van der Waals surface area contributed by atoms with Gasteiger partial charge in [-0.3, -0.25) is 14.7 Å². The fourth-order valence-corrected chi connectivity index (χ4v) is 3.78. The average Bonchev–Trinajstić information content (AvgIpc) is 3.20. The van der Waals surface area contributed by atoms with E-state index in [1.165, 1.54) is 18.0 Å². The molecule has 0 bridgehead atoms. The second kappa shape index (κ2) is 7.90. The third-order valence-electron chi connectivity index (χ3n) is 5.32. The van der Waals surface area contributed by atoms with Gasteiger partial charge in [0.15, 0.2) is 5.65 Å². The van der Waals surface area contributed by atoms with E-state index < -0.39 is 11.5 Å². The van der Waals surface area contributed by atoms with Gasteiger partial charge in [-0.1, -0.05) is 30.3 Å². The molecule has 1 N–H and O–H groups in total. The topological polar surface area (TPSA) is 96.8 Å². The number of fused-ring (bicyclic) bond motifs is 1. The van der Waals surface area contributed by atoms with Gasteiger partial charge in [0.05, 0.1) is 6.61 Å². The van der Waals surface area contributed by atoms with Gasteiger partial charge in [0.25, 0.3) is 11.5 Å². The van der Waals surface area contributed by atoms with Crippen LogP contribution in [0.15, 0.2) is 47.5 Å². The van der Waals surface area contributed by atoms with Crippen LogP contribution < -0.4 is 5.56 Å². The molecule has 0 atom stereocenters. The third-order valence-corrected chi connectivity index (χ3v) is 5.32. The Kier molecular flexibility index (Phi) is 5.16. The maximum Gasteiger partial charge on any atom is 0.343 e. The van der Waals surface area contributed by atoms with Crippen molar-refractivity contribution in [2.75, 3.05) is 19.7 Å². The van der Waals surface area contributed by atoms with Crippen molar-refractivity contribution in [3.63, 3.8) is 0 Å². The molecule has 0 spiro atoms. The Balaban J connectivity index is 1.53. The van der Waals surface area contributed by atoms with E-state index >= 15 is 0 Å². The summed E-state index contributed by atoms with van der Waals surface area (Å²) >= 11 is 0. The Morgan fingerprint density at radius 3 is 2.59 bits per heavy atom. The fraction of sp³-hybridized carbons (Fsp3) is 0.333. The van der Waals surface area contributed by atoms with Gasteiger partial charge in [0.2, 0.25) is 0 Å². The zero-order chi connectivity index (χ0) is 20.4. The smallest absolute Gasteiger partial charge is 0.343 e. The summed E-state index contributed by atoms with van der Waals surface area (Å²) in [5, 5.41) is 2.69. The summed E-state index contributed by atoms with van der Waals surface area (Å²) in [6.07, 6.45) is 4.31. The van der Waals surface area contributed by atoms with Crippen LogP contribution in [-0.2, 0) is 4.74 Å². The van der Waals surface area contributed by atoms with E-state index in [0.29, 0.717) is 19.0 Å². The molecule has 8 nitrogen and oxygen atoms in total. The minimum atomic E-state index is -0.569. The maximum absolute atomic E-state index is 12.9. The summed E-state index contributed by atoms with van der Waals surface area (Å²) in [4.78, 5) is 43.5. The van der Waals surface area contributed by atoms with Crippen molar-refractivity contribution in [1.29, 1.82) is 0 Å². The van der Waals surface area contributed by atoms with Crippen LogP contribution in [0.5, 0.6) is 0 Å². The van der Waals surface area contributed by atoms with Crippen LogP contribution in [-0.4, -0.2) is 51.1 Å². The molecule has 1 aliphatic heterocycles. The molecule has 29 heavy (non-hydrogen) atoms. The van der Waals surface area contributed by atoms with E-state index in [4.69, 9.17) is 4.74 Å². The molecular weight excluding hydrogens is 372 g/mol. The van der Waals surface area contributed by atoms with Gasteiger partial charge in [-0.05, 0) is 31.2 Å². The Bertz CT molecular complexity index is 1090. The molecule has 0 aliphatic carbocycles. The zero-order valence-corrected chi connectivity index (χ0v) is 16.1. The van der Waals surface area contributed by atoms with Crippen molar-refractivity contribution >= 4 is 17.5 Å². The second-order valence-corrected chi connectivity index (χ2v) is 7.02. The van der Waals surface area contributed by atoms with Crippen LogP contribution in [0, 0.1) is 0 Å². The number of amides is 1. The first-order chi connectivity index (χ1) is 14.1. The molecule has 2 aromatic heterocycles. The normalized spacial score (nSPS) is 14.9. The number of nitrogens with zero attached hydrogens (tertiary/aromatic N) is 3. The number of aromatic nitrogens is 3. The standard InChI is InChI=1S/C21H22N4O4/c1-2-29-21(28)16-13-23-25-18(16)22-12-17(20(25)27)19(26)24-10-8-15(9-11-24)14-6-4-3-5-7-14/h3-7,12-13,15,23H,2,8-11H2,1H3. The van der Waals surface area contributed by atoms with Crippen molar-refractivity contribution in [3.05, 3.63) is 69.8 Å². The number of hydrogen-bond acceptors (Lipinski definition) is 5. The van der Waals surface area contributed by atoms with Crippen molar-refractivity contribution in [3.8, 4) is 0 Å². The summed E-state index contributed by atoms with van der Waals surface area (Å²) < 4.78 is 6.07. The Labute approximate surface area is 167 Å². The number of H-pyrrole nitrogens is 1. The van der Waals surface area contributed by atoms with Gasteiger partial charge >= 0.3 is 5.97 Å². The third kappa shape index (κ3) is 3.53. The van der Waals surface area contributed by atoms with Gasteiger partial charge in [-0.2, -0.15) is 0 Å². The van der Waals surface area contributed by atoms with Crippen molar-refractivity contribution in [1.82, 2.24) is 19.5 Å². The molecule has 1 aliphatic rings. The lowest BCUT2D eigenvalue weighted by Crippen LogP contribution is -2.40. The molecule has 8 heteroatoms. The summed E-state index contributed by atoms with van der Waals surface area (Å²) in [7, 11) is 0. The number of piperidine rings is 1. The van der Waals surface area contributed by atoms with E-state index in [9.17, 15) is 14.4 Å². The molecule has 1 aromatic carbocycles. The molecule has 3 heterocycles. The van der Waals surface area contributed by atoms with Crippen LogP contribution in [0.3, 0.4) is 0 Å². The Morgan fingerprint density at radius 1 is 1.17 bits per heavy atom. The maximum atomic E-state index is 12.9. The van der Waals surface area contributed by atoms with Gasteiger partial charge in [-0.25, -0.2) is 14.3 Å². The number of hydrogen-bond donors (Lipinski definition) is 1. The fourth-order valence-electron chi connectivity index (χ4n) is 3.78. The number of benzene rings is 1. The molecule has 3 aromatic rings. The van der Waals surface area contributed by atoms with Gasteiger partial charge in [-0.15, -0.1) is 0 Å². The number of carbonyl (C=O) groups is 2. The second-order valence-electron chi connectivity index (χ2n) is 7.02. The van der Waals surface area contributed by atoms with Crippen LogP contribution >= 0.6 is 0 Å². The quantitative estimate of drug-likeness (QED) is 0.685. The van der Waals surface area contributed by atoms with E-state index in [1.807, 2.05) is 18.2 Å². The predicted octanol–water partition coefficient (Wildman–Crippen LogP) is 2.22. The highest BCUT2D eigenvalue weighted by Gasteiger charge is 2.27. The van der Waals surface area contributed by atoms with Crippen molar-refractivity contribution in [2.45, 2.75) is 25.7 Å². The van der Waals surface area contributed by atoms with Crippen LogP contribution in [0.4, 0.5) is 0 Å². The van der Waals surface area contributed by atoms with E-state index in [-0.39, 0.29) is 29.3 Å². The lowest BCUT2D eigenvalue weighted by Gasteiger charge is -2.32. The summed E-state index contributed by atoms with van der Waals surface area (Å²) in [6, 6.07) is 10.3. The van der Waals surface area contributed by atoms with Gasteiger partial charge in [0, 0.05) is 25.5 Å². The van der Waals surface area contributed by atoms with Crippen molar-refractivity contribution in [2.24, 2.45) is 0 Å². The lowest BCUT2D eigenvalue weighted by atomic mass is 9.89. The lowest BCUT2D eigenvalue weighted by molar-refractivity contribution is 0.0528. The number of carbonyl (C=O) groups excluding carboxylic acids is 2. The molecular formula is C21H22N4O4. The van der Waals surface area contributed by atoms with Gasteiger partial charge in [0.1, 0.15) is 11.1 Å². The largest absolute Gasteiger partial charge is 0.462 e. The van der Waals surface area contributed by atoms with E-state index in [0.717, 1.165) is 17.4 Å². The van der Waals surface area contributed by atoms with Crippen LogP contribution in [0.1, 0.15) is 52.0 Å². The number of rotatable bonds is 4. The van der Waals surface area contributed by atoms with E-state index in [1.54, 1.807) is 11.8 Å². The van der Waals surface area contributed by atoms with Crippen LogP contribution in [0.25, 0.3) is 5.65 Å². The zero-order valence-electron chi connectivity index (χ0n) is 16.1. The Hall–Kier alpha value is -3.42. The molecule has 150 valence electrons. The minimum absolute atomic E-state index is 0.0158. The average molecular weight is 394 g/mol. The first-order valence-electron chi connectivity index (χ1n) is 9.70. The number of likely N-dealkylation sites (tertiary alicyclic amines) is 1. The summed E-state index contributed by atoms with van der Waals surface area (Å²) in [5.74, 6) is -0.492. The SMILES string of the molecule is CCOC(=O)c1c[nH]n2c(=O)c(C(=O)N3CCC(c4ccccc4)CC3)cnc12. The van der Waals surface area contributed by atoms with Crippen molar-refractivity contribution < 1.29 is 14.3 Å². The molecule has 0 radical (unpaired) electrons. The monoisotopic (exact) mass is 394 g/mol. The molecule has 1 fully saturated rings.